The summed E-state index contributed by atoms with van der Waals surface area (Å²) >= 11 is 3.00. The van der Waals surface area contributed by atoms with Crippen molar-refractivity contribution >= 4 is 50.0 Å². The highest BCUT2D eigenvalue weighted by Crippen LogP contribution is 2.33. The first kappa shape index (κ1) is 21.9. The molecule has 0 spiro atoms. The highest BCUT2D eigenvalue weighted by molar-refractivity contribution is 7.99. The Morgan fingerprint density at radius 1 is 1.12 bits per heavy atom. The Bertz CT molecular complexity index is 1260. The monoisotopic (exact) mass is 464 g/mol. The topological polar surface area (TPSA) is 89.2 Å². The fraction of sp³-hybridized carbons (Fsp3) is 0.174. The number of thiazole rings is 1. The largest absolute Gasteiger partial charge is 0.279 e. The number of aromatic nitrogens is 2. The highest BCUT2D eigenvalue weighted by Gasteiger charge is 2.22. The summed E-state index contributed by atoms with van der Waals surface area (Å²) < 4.78 is 0.658. The lowest BCUT2D eigenvalue weighted by atomic mass is 10.2. The van der Waals surface area contributed by atoms with Crippen molar-refractivity contribution in [3.63, 3.8) is 0 Å². The van der Waals surface area contributed by atoms with E-state index in [9.17, 15) is 14.9 Å². The molecule has 32 heavy (non-hydrogen) atoms. The molecule has 4 aromatic rings. The standard InChI is InChI=1S/C23H20N4O3S2/c1-15(2)31-19-6-3-17(4-7-19)22(28)26(14-16-9-11-24-12-10-16)23-25-20-8-5-18(27(29)30)13-21(20)32-23/h3-13,15H,14H2,1-2H3. The number of nitro benzene ring substituents is 1. The predicted octanol–water partition coefficient (Wildman–Crippen LogP) is 5.95. The molecule has 0 bridgehead atoms. The van der Waals surface area contributed by atoms with Gasteiger partial charge in [0.2, 0.25) is 0 Å². The quantitative estimate of drug-likeness (QED) is 0.191. The van der Waals surface area contributed by atoms with Crippen molar-refractivity contribution in [1.29, 1.82) is 0 Å². The molecule has 2 aromatic heterocycles. The van der Waals surface area contributed by atoms with E-state index in [2.05, 4.69) is 23.8 Å². The van der Waals surface area contributed by atoms with E-state index < -0.39 is 4.92 Å². The molecule has 0 saturated heterocycles. The molecule has 0 aliphatic carbocycles. The molecule has 0 unspecified atom stereocenters. The minimum atomic E-state index is -0.435. The zero-order valence-corrected chi connectivity index (χ0v) is 19.1. The summed E-state index contributed by atoms with van der Waals surface area (Å²) in [5.41, 5.74) is 2.08. The van der Waals surface area contributed by atoms with Crippen LogP contribution in [0.25, 0.3) is 10.2 Å². The fourth-order valence-electron chi connectivity index (χ4n) is 3.13. The third-order valence-corrected chi connectivity index (χ3v) is 6.67. The van der Waals surface area contributed by atoms with Gasteiger partial charge >= 0.3 is 0 Å². The third kappa shape index (κ3) is 4.95. The average molecular weight is 465 g/mol. The van der Waals surface area contributed by atoms with Gasteiger partial charge in [-0.1, -0.05) is 25.2 Å². The molecular formula is C23H20N4O3S2. The predicted molar refractivity (Wildman–Crippen MR) is 128 cm³/mol. The number of hydrogen-bond donors (Lipinski definition) is 0. The molecule has 4 rings (SSSR count). The molecule has 1 amide bonds. The Balaban J connectivity index is 1.71. The van der Waals surface area contributed by atoms with Crippen LogP contribution in [-0.2, 0) is 6.54 Å². The molecule has 7 nitrogen and oxygen atoms in total. The van der Waals surface area contributed by atoms with Crippen molar-refractivity contribution in [2.24, 2.45) is 0 Å². The lowest BCUT2D eigenvalue weighted by Crippen LogP contribution is -2.30. The molecule has 0 saturated carbocycles. The van der Waals surface area contributed by atoms with E-state index in [1.54, 1.807) is 35.1 Å². The summed E-state index contributed by atoms with van der Waals surface area (Å²) in [7, 11) is 0. The number of anilines is 1. The van der Waals surface area contributed by atoms with Crippen LogP contribution in [0.3, 0.4) is 0 Å². The van der Waals surface area contributed by atoms with Gasteiger partial charge in [-0.2, -0.15) is 0 Å². The molecule has 0 N–H and O–H groups in total. The van der Waals surface area contributed by atoms with E-state index in [1.807, 2.05) is 36.4 Å². The molecular weight excluding hydrogens is 444 g/mol. The van der Waals surface area contributed by atoms with E-state index in [-0.39, 0.29) is 11.6 Å². The first-order chi connectivity index (χ1) is 15.4. The first-order valence-corrected chi connectivity index (χ1v) is 11.6. The van der Waals surface area contributed by atoms with Crippen molar-refractivity contribution in [3.05, 3.63) is 88.2 Å². The number of benzene rings is 2. The van der Waals surface area contributed by atoms with Gasteiger partial charge in [0.25, 0.3) is 11.6 Å². The van der Waals surface area contributed by atoms with E-state index in [1.165, 1.54) is 23.5 Å². The summed E-state index contributed by atoms with van der Waals surface area (Å²) in [6.45, 7) is 4.56. The zero-order valence-electron chi connectivity index (χ0n) is 17.5. The second-order valence-corrected chi connectivity index (χ2v) is 10.0. The second-order valence-electron chi connectivity index (χ2n) is 7.34. The van der Waals surface area contributed by atoms with Crippen LogP contribution in [0.5, 0.6) is 0 Å². The van der Waals surface area contributed by atoms with Crippen LogP contribution in [0.1, 0.15) is 29.8 Å². The lowest BCUT2D eigenvalue weighted by Gasteiger charge is -2.20. The first-order valence-electron chi connectivity index (χ1n) is 9.93. The number of rotatable bonds is 7. The molecule has 0 radical (unpaired) electrons. The van der Waals surface area contributed by atoms with Gasteiger partial charge in [-0.25, -0.2) is 4.98 Å². The van der Waals surface area contributed by atoms with Crippen LogP contribution in [0.4, 0.5) is 10.8 Å². The molecule has 0 atom stereocenters. The number of amides is 1. The van der Waals surface area contributed by atoms with Crippen LogP contribution in [-0.4, -0.2) is 26.0 Å². The van der Waals surface area contributed by atoms with Gasteiger partial charge in [-0.3, -0.25) is 24.8 Å². The minimum Gasteiger partial charge on any atom is -0.279 e. The molecule has 9 heteroatoms. The summed E-state index contributed by atoms with van der Waals surface area (Å²) in [4.78, 5) is 35.5. The summed E-state index contributed by atoms with van der Waals surface area (Å²) in [6, 6.07) is 15.8. The van der Waals surface area contributed by atoms with Gasteiger partial charge in [-0.15, -0.1) is 11.8 Å². The van der Waals surface area contributed by atoms with Crippen LogP contribution >= 0.6 is 23.1 Å². The van der Waals surface area contributed by atoms with Gasteiger partial charge in [-0.05, 0) is 48.0 Å². The van der Waals surface area contributed by atoms with Crippen LogP contribution < -0.4 is 4.90 Å². The van der Waals surface area contributed by atoms with Crippen molar-refractivity contribution in [3.8, 4) is 0 Å². The molecule has 0 aliphatic rings. The van der Waals surface area contributed by atoms with Gasteiger partial charge < -0.3 is 0 Å². The number of thioether (sulfide) groups is 1. The van der Waals surface area contributed by atoms with E-state index in [0.717, 1.165) is 10.5 Å². The van der Waals surface area contributed by atoms with Crippen molar-refractivity contribution in [2.45, 2.75) is 30.5 Å². The number of pyridine rings is 1. The molecule has 2 heterocycles. The zero-order chi connectivity index (χ0) is 22.7. The smallest absolute Gasteiger partial charge is 0.270 e. The maximum Gasteiger partial charge on any atom is 0.270 e. The van der Waals surface area contributed by atoms with E-state index >= 15 is 0 Å². The Morgan fingerprint density at radius 2 is 1.84 bits per heavy atom. The Hall–Kier alpha value is -3.30. The lowest BCUT2D eigenvalue weighted by molar-refractivity contribution is -0.384. The van der Waals surface area contributed by atoms with E-state index in [0.29, 0.717) is 32.7 Å². The summed E-state index contributed by atoms with van der Waals surface area (Å²) in [5.74, 6) is -0.184. The van der Waals surface area contributed by atoms with E-state index in [4.69, 9.17) is 0 Å². The SMILES string of the molecule is CC(C)Sc1ccc(C(=O)N(Cc2ccncc2)c2nc3ccc([N+](=O)[O-])cc3s2)cc1. The number of non-ortho nitro benzene ring substituents is 1. The van der Waals surface area contributed by atoms with Crippen LogP contribution in [0.2, 0.25) is 0 Å². The Kier molecular flexibility index (Phi) is 6.48. The van der Waals surface area contributed by atoms with Crippen LogP contribution in [0.15, 0.2) is 71.9 Å². The van der Waals surface area contributed by atoms with Gasteiger partial charge in [0.1, 0.15) is 0 Å². The third-order valence-electron chi connectivity index (χ3n) is 4.61. The maximum atomic E-state index is 13.5. The van der Waals surface area contributed by atoms with Gasteiger partial charge in [0.15, 0.2) is 5.13 Å². The second kappa shape index (κ2) is 9.46. The molecule has 0 fully saturated rings. The average Bonchev–Trinajstić information content (AvgIpc) is 3.21. The number of nitrogens with zero attached hydrogens (tertiary/aromatic N) is 4. The highest BCUT2D eigenvalue weighted by atomic mass is 32.2. The van der Waals surface area contributed by atoms with Crippen molar-refractivity contribution < 1.29 is 9.72 Å². The maximum absolute atomic E-state index is 13.5. The Labute approximate surface area is 193 Å². The number of carbonyl (C=O) groups is 1. The van der Waals surface area contributed by atoms with Crippen LogP contribution in [0, 0.1) is 10.1 Å². The summed E-state index contributed by atoms with van der Waals surface area (Å²) in [5, 5.41) is 12.1. The van der Waals surface area contributed by atoms with Gasteiger partial charge in [0, 0.05) is 40.2 Å². The fourth-order valence-corrected chi connectivity index (χ4v) is 4.97. The van der Waals surface area contributed by atoms with Crippen molar-refractivity contribution in [2.75, 3.05) is 4.90 Å². The molecule has 162 valence electrons. The van der Waals surface area contributed by atoms with Gasteiger partial charge in [0.05, 0.1) is 21.7 Å². The number of hydrogen-bond acceptors (Lipinski definition) is 7. The molecule has 0 aliphatic heterocycles. The van der Waals surface area contributed by atoms with Crippen molar-refractivity contribution in [1.82, 2.24) is 9.97 Å². The summed E-state index contributed by atoms with van der Waals surface area (Å²) in [6.07, 6.45) is 3.36. The molecule has 2 aromatic carbocycles. The normalized spacial score (nSPS) is 11.1. The number of fused-ring (bicyclic) bond motifs is 1. The minimum absolute atomic E-state index is 0.00190. The Morgan fingerprint density at radius 3 is 2.50 bits per heavy atom. The number of nitro groups is 1. The number of carbonyl (C=O) groups excluding carboxylic acids is 1.